The first kappa shape index (κ1) is 10.6. The minimum absolute atomic E-state index is 0.334. The molecule has 0 aromatic heterocycles. The van der Waals surface area contributed by atoms with Gasteiger partial charge in [0.15, 0.2) is 0 Å². The van der Waals surface area contributed by atoms with Crippen molar-refractivity contribution in [1.82, 2.24) is 10.6 Å². The molecule has 0 bridgehead atoms. The molecule has 0 aromatic carbocycles. The van der Waals surface area contributed by atoms with Gasteiger partial charge in [0.1, 0.15) is 0 Å². The second-order valence-corrected chi connectivity index (χ2v) is 5.66. The Hall–Kier alpha value is -0.570. The Balaban J connectivity index is 1.26. The van der Waals surface area contributed by atoms with Crippen molar-refractivity contribution < 1.29 is 4.79 Å². The summed E-state index contributed by atoms with van der Waals surface area (Å²) in [6, 6.07) is 0.790. The van der Waals surface area contributed by atoms with Crippen LogP contribution < -0.4 is 10.6 Å². The van der Waals surface area contributed by atoms with Crippen molar-refractivity contribution >= 4 is 5.91 Å². The highest BCUT2D eigenvalue weighted by atomic mass is 16.2. The quantitative estimate of drug-likeness (QED) is 0.665. The molecular formula is C13H22N2O. The molecule has 0 radical (unpaired) electrons. The number of fused-ring (bicyclic) bond motifs is 1. The van der Waals surface area contributed by atoms with Crippen molar-refractivity contribution in [2.75, 3.05) is 13.1 Å². The van der Waals surface area contributed by atoms with Crippen LogP contribution in [0.25, 0.3) is 0 Å². The van der Waals surface area contributed by atoms with Crippen molar-refractivity contribution in [3.05, 3.63) is 0 Å². The Morgan fingerprint density at radius 3 is 2.50 bits per heavy atom. The lowest BCUT2D eigenvalue weighted by atomic mass is 10.1. The number of amides is 1. The predicted octanol–water partition coefficient (Wildman–Crippen LogP) is 1.29. The highest BCUT2D eigenvalue weighted by Gasteiger charge is 2.56. The standard InChI is InChI=1S/C13H22N2O/c16-13(12-10-3-1-4-11(10)12)15-8-2-7-14-9-5-6-9/h9-12,14H,1-8H2,(H,15,16). The summed E-state index contributed by atoms with van der Waals surface area (Å²) in [5, 5.41) is 6.55. The summed E-state index contributed by atoms with van der Waals surface area (Å²) in [5.41, 5.74) is 0. The Morgan fingerprint density at radius 2 is 1.81 bits per heavy atom. The second kappa shape index (κ2) is 4.36. The van der Waals surface area contributed by atoms with Gasteiger partial charge in [0.25, 0.3) is 0 Å². The third-order valence-electron chi connectivity index (χ3n) is 4.37. The zero-order valence-corrected chi connectivity index (χ0v) is 9.87. The fourth-order valence-corrected chi connectivity index (χ4v) is 3.22. The Labute approximate surface area is 97.4 Å². The highest BCUT2D eigenvalue weighted by molar-refractivity contribution is 5.82. The van der Waals surface area contributed by atoms with Crippen molar-refractivity contribution in [2.45, 2.75) is 44.6 Å². The molecule has 3 heteroatoms. The summed E-state index contributed by atoms with van der Waals surface area (Å²) in [6.07, 6.45) is 7.71. The molecule has 3 saturated carbocycles. The molecule has 0 saturated heterocycles. The maximum absolute atomic E-state index is 11.8. The van der Waals surface area contributed by atoms with Gasteiger partial charge in [-0.25, -0.2) is 0 Å². The van der Waals surface area contributed by atoms with Crippen LogP contribution in [-0.4, -0.2) is 25.0 Å². The van der Waals surface area contributed by atoms with Crippen LogP contribution in [0.1, 0.15) is 38.5 Å². The lowest BCUT2D eigenvalue weighted by Crippen LogP contribution is -2.30. The van der Waals surface area contributed by atoms with Crippen LogP contribution in [-0.2, 0) is 4.79 Å². The van der Waals surface area contributed by atoms with Crippen LogP contribution in [0.4, 0.5) is 0 Å². The first-order valence-electron chi connectivity index (χ1n) is 6.87. The van der Waals surface area contributed by atoms with Crippen molar-refractivity contribution in [3.8, 4) is 0 Å². The Morgan fingerprint density at radius 1 is 1.06 bits per heavy atom. The van der Waals surface area contributed by atoms with E-state index in [0.717, 1.165) is 37.4 Å². The van der Waals surface area contributed by atoms with Gasteiger partial charge < -0.3 is 10.6 Å². The SMILES string of the molecule is O=C(NCCCNC1CC1)C1C2CCCC21. The van der Waals surface area contributed by atoms with Crippen LogP contribution in [0.3, 0.4) is 0 Å². The van der Waals surface area contributed by atoms with E-state index in [-0.39, 0.29) is 0 Å². The molecule has 2 unspecified atom stereocenters. The van der Waals surface area contributed by atoms with E-state index in [1.54, 1.807) is 0 Å². The molecule has 2 N–H and O–H groups in total. The number of rotatable bonds is 6. The molecular weight excluding hydrogens is 200 g/mol. The fraction of sp³-hybridized carbons (Fsp3) is 0.923. The molecule has 3 aliphatic carbocycles. The minimum atomic E-state index is 0.334. The van der Waals surface area contributed by atoms with Crippen LogP contribution in [0.2, 0.25) is 0 Å². The molecule has 0 aromatic rings. The van der Waals surface area contributed by atoms with E-state index in [9.17, 15) is 4.79 Å². The summed E-state index contributed by atoms with van der Waals surface area (Å²) in [6.45, 7) is 1.91. The first-order chi connectivity index (χ1) is 7.86. The van der Waals surface area contributed by atoms with E-state index < -0.39 is 0 Å². The molecule has 2 atom stereocenters. The van der Waals surface area contributed by atoms with E-state index in [4.69, 9.17) is 0 Å². The number of carbonyl (C=O) groups is 1. The molecule has 3 fully saturated rings. The van der Waals surface area contributed by atoms with Crippen LogP contribution in [0, 0.1) is 17.8 Å². The van der Waals surface area contributed by atoms with Gasteiger partial charge in [-0.1, -0.05) is 6.42 Å². The van der Waals surface area contributed by atoms with Gasteiger partial charge >= 0.3 is 0 Å². The smallest absolute Gasteiger partial charge is 0.223 e. The van der Waals surface area contributed by atoms with Crippen molar-refractivity contribution in [1.29, 1.82) is 0 Å². The van der Waals surface area contributed by atoms with Gasteiger partial charge in [-0.3, -0.25) is 4.79 Å². The molecule has 3 nitrogen and oxygen atoms in total. The van der Waals surface area contributed by atoms with Gasteiger partial charge in [-0.2, -0.15) is 0 Å². The normalized spacial score (nSPS) is 35.9. The summed E-state index contributed by atoms with van der Waals surface area (Å²) in [5.74, 6) is 2.24. The summed E-state index contributed by atoms with van der Waals surface area (Å²) in [7, 11) is 0. The van der Waals surface area contributed by atoms with Crippen molar-refractivity contribution in [3.63, 3.8) is 0 Å². The van der Waals surface area contributed by atoms with E-state index in [0.29, 0.717) is 11.8 Å². The van der Waals surface area contributed by atoms with E-state index >= 15 is 0 Å². The zero-order valence-electron chi connectivity index (χ0n) is 9.87. The largest absolute Gasteiger partial charge is 0.356 e. The average Bonchev–Trinajstić information content (AvgIpc) is 3.18. The topological polar surface area (TPSA) is 41.1 Å². The molecule has 3 rings (SSSR count). The molecule has 1 amide bonds. The molecule has 90 valence electrons. The second-order valence-electron chi connectivity index (χ2n) is 5.66. The summed E-state index contributed by atoms with van der Waals surface area (Å²) >= 11 is 0. The molecule has 0 aliphatic heterocycles. The van der Waals surface area contributed by atoms with Gasteiger partial charge in [0.2, 0.25) is 5.91 Å². The van der Waals surface area contributed by atoms with Crippen LogP contribution in [0.15, 0.2) is 0 Å². The monoisotopic (exact) mass is 222 g/mol. The van der Waals surface area contributed by atoms with Crippen LogP contribution >= 0.6 is 0 Å². The fourth-order valence-electron chi connectivity index (χ4n) is 3.22. The van der Waals surface area contributed by atoms with E-state index in [2.05, 4.69) is 10.6 Å². The van der Waals surface area contributed by atoms with Gasteiger partial charge in [0.05, 0.1) is 0 Å². The molecule has 0 heterocycles. The Bertz CT molecular complexity index is 265. The Kier molecular flexibility index (Phi) is 2.88. The van der Waals surface area contributed by atoms with E-state index in [1.807, 2.05) is 0 Å². The molecule has 3 aliphatic rings. The highest BCUT2D eigenvalue weighted by Crippen LogP contribution is 2.57. The predicted molar refractivity (Wildman–Crippen MR) is 63.0 cm³/mol. The summed E-state index contributed by atoms with van der Waals surface area (Å²) < 4.78 is 0. The maximum atomic E-state index is 11.8. The number of hydrogen-bond donors (Lipinski definition) is 2. The third kappa shape index (κ3) is 2.24. The third-order valence-corrected chi connectivity index (χ3v) is 4.37. The average molecular weight is 222 g/mol. The minimum Gasteiger partial charge on any atom is -0.356 e. The van der Waals surface area contributed by atoms with Crippen LogP contribution in [0.5, 0.6) is 0 Å². The number of nitrogens with one attached hydrogen (secondary N) is 2. The maximum Gasteiger partial charge on any atom is 0.223 e. The van der Waals surface area contributed by atoms with E-state index in [1.165, 1.54) is 32.1 Å². The molecule has 16 heavy (non-hydrogen) atoms. The van der Waals surface area contributed by atoms with Crippen molar-refractivity contribution in [2.24, 2.45) is 17.8 Å². The number of hydrogen-bond acceptors (Lipinski definition) is 2. The first-order valence-corrected chi connectivity index (χ1v) is 6.87. The zero-order chi connectivity index (χ0) is 11.0. The van der Waals surface area contributed by atoms with Gasteiger partial charge in [-0.05, 0) is 50.5 Å². The lowest BCUT2D eigenvalue weighted by Gasteiger charge is -2.07. The van der Waals surface area contributed by atoms with Gasteiger partial charge in [0, 0.05) is 18.5 Å². The van der Waals surface area contributed by atoms with Gasteiger partial charge in [-0.15, -0.1) is 0 Å². The molecule has 0 spiro atoms. The lowest BCUT2D eigenvalue weighted by molar-refractivity contribution is -0.123. The summed E-state index contributed by atoms with van der Waals surface area (Å²) in [4.78, 5) is 11.8. The number of carbonyl (C=O) groups excluding carboxylic acids is 1.